The monoisotopic (exact) mass is 425 g/mol. The van der Waals surface area contributed by atoms with Crippen LogP contribution in [0.15, 0.2) is 53.5 Å². The lowest BCUT2D eigenvalue weighted by Gasteiger charge is -2.38. The lowest BCUT2D eigenvalue weighted by Crippen LogP contribution is -2.59. The van der Waals surface area contributed by atoms with Crippen molar-refractivity contribution in [3.05, 3.63) is 64.7 Å². The van der Waals surface area contributed by atoms with Crippen molar-refractivity contribution in [1.82, 2.24) is 10.2 Å². The van der Waals surface area contributed by atoms with Gasteiger partial charge < -0.3 is 15.3 Å². The molecule has 2 heterocycles. The minimum atomic E-state index is -0.917. The summed E-state index contributed by atoms with van der Waals surface area (Å²) in [7, 11) is 0. The van der Waals surface area contributed by atoms with E-state index in [-0.39, 0.29) is 19.0 Å². The molecule has 1 saturated heterocycles. The highest BCUT2D eigenvalue weighted by Crippen LogP contribution is 2.29. The van der Waals surface area contributed by atoms with Crippen LogP contribution in [0.5, 0.6) is 0 Å². The molecule has 1 atom stereocenters. The van der Waals surface area contributed by atoms with E-state index < -0.39 is 23.8 Å². The molecule has 1 fully saturated rings. The van der Waals surface area contributed by atoms with Gasteiger partial charge in [-0.15, -0.1) is 0 Å². The van der Waals surface area contributed by atoms with Crippen LogP contribution in [0.1, 0.15) is 11.1 Å². The standard InChI is InChI=1S/C22H20ClN3O4/c23-16-6-7-17-14(9-16)10-18(24-17)20(27)25-19(8-13-4-2-1-3-5-13)21(28)26-11-15(12-26)22(29)30/h1-7,9,15,19H,8,10-12H2,(H,25,27)(H,29,30)/t19-/m0/s1. The molecule has 2 amide bonds. The Hall–Kier alpha value is -3.19. The number of hydrogen-bond donors (Lipinski definition) is 2. The summed E-state index contributed by atoms with van der Waals surface area (Å²) in [5.74, 6) is -2.17. The topological polar surface area (TPSA) is 99.1 Å². The molecule has 8 heteroatoms. The number of hydrogen-bond acceptors (Lipinski definition) is 4. The van der Waals surface area contributed by atoms with E-state index in [9.17, 15) is 14.4 Å². The normalized spacial score (nSPS) is 16.3. The molecule has 2 aromatic rings. The number of carboxylic acids is 1. The Kier molecular flexibility index (Phi) is 5.55. The minimum absolute atomic E-state index is 0.153. The highest BCUT2D eigenvalue weighted by molar-refractivity contribution is 6.41. The Balaban J connectivity index is 1.48. The fourth-order valence-corrected chi connectivity index (χ4v) is 3.82. The number of nitrogens with zero attached hydrogens (tertiary/aromatic N) is 2. The molecule has 0 unspecified atom stereocenters. The predicted molar refractivity (Wildman–Crippen MR) is 112 cm³/mol. The maximum atomic E-state index is 13.0. The van der Waals surface area contributed by atoms with E-state index in [0.29, 0.717) is 29.3 Å². The van der Waals surface area contributed by atoms with Crippen molar-refractivity contribution in [2.45, 2.75) is 18.9 Å². The molecule has 2 aliphatic heterocycles. The minimum Gasteiger partial charge on any atom is -0.481 e. The lowest BCUT2D eigenvalue weighted by molar-refractivity contribution is -0.154. The second-order valence-electron chi connectivity index (χ2n) is 7.50. The summed E-state index contributed by atoms with van der Waals surface area (Å²) in [4.78, 5) is 42.7. The smallest absolute Gasteiger partial charge is 0.310 e. The summed E-state index contributed by atoms with van der Waals surface area (Å²) in [6, 6.07) is 13.8. The van der Waals surface area contributed by atoms with Crippen molar-refractivity contribution in [1.29, 1.82) is 0 Å². The van der Waals surface area contributed by atoms with Gasteiger partial charge >= 0.3 is 5.97 Å². The van der Waals surface area contributed by atoms with Crippen molar-refractivity contribution in [3.63, 3.8) is 0 Å². The fourth-order valence-electron chi connectivity index (χ4n) is 3.63. The van der Waals surface area contributed by atoms with Crippen LogP contribution < -0.4 is 5.32 Å². The molecule has 154 valence electrons. The molecule has 0 radical (unpaired) electrons. The summed E-state index contributed by atoms with van der Waals surface area (Å²) >= 11 is 6.01. The molecule has 0 aliphatic carbocycles. The second-order valence-corrected chi connectivity index (χ2v) is 7.94. The summed E-state index contributed by atoms with van der Waals surface area (Å²) in [6.07, 6.45) is 0.657. The highest BCUT2D eigenvalue weighted by atomic mass is 35.5. The summed E-state index contributed by atoms with van der Waals surface area (Å²) in [5.41, 5.74) is 2.79. The molecular formula is C22H20ClN3O4. The Morgan fingerprint density at radius 1 is 1.17 bits per heavy atom. The first-order chi connectivity index (χ1) is 14.4. The summed E-state index contributed by atoms with van der Waals surface area (Å²) in [6.45, 7) is 0.306. The average molecular weight is 426 g/mol. The zero-order valence-corrected chi connectivity index (χ0v) is 16.8. The van der Waals surface area contributed by atoms with E-state index in [4.69, 9.17) is 16.7 Å². The Bertz CT molecular complexity index is 1030. The zero-order chi connectivity index (χ0) is 21.3. The van der Waals surface area contributed by atoms with Crippen molar-refractivity contribution in [2.24, 2.45) is 10.9 Å². The van der Waals surface area contributed by atoms with Gasteiger partial charge in [-0.25, -0.2) is 4.99 Å². The number of carboxylic acid groups (broad SMARTS) is 1. The molecule has 2 aromatic carbocycles. The largest absolute Gasteiger partial charge is 0.481 e. The number of aliphatic imine (C=N–C) groups is 1. The first kappa shape index (κ1) is 20.1. The van der Waals surface area contributed by atoms with Gasteiger partial charge in [0.1, 0.15) is 11.8 Å². The molecule has 2 N–H and O–H groups in total. The number of likely N-dealkylation sites (tertiary alicyclic amines) is 1. The number of rotatable bonds is 6. The van der Waals surface area contributed by atoms with E-state index in [1.807, 2.05) is 30.3 Å². The van der Waals surface area contributed by atoms with Gasteiger partial charge in [0.15, 0.2) is 0 Å². The first-order valence-electron chi connectivity index (χ1n) is 9.63. The van der Waals surface area contributed by atoms with Crippen LogP contribution in [0.3, 0.4) is 0 Å². The number of amides is 2. The molecule has 4 rings (SSSR count). The van der Waals surface area contributed by atoms with Gasteiger partial charge in [0.05, 0.1) is 11.6 Å². The molecule has 2 aliphatic rings. The number of benzene rings is 2. The Morgan fingerprint density at radius 2 is 1.90 bits per heavy atom. The third-order valence-electron chi connectivity index (χ3n) is 5.35. The first-order valence-corrected chi connectivity index (χ1v) is 10.0. The maximum Gasteiger partial charge on any atom is 0.310 e. The summed E-state index contributed by atoms with van der Waals surface area (Å²) in [5, 5.41) is 12.5. The highest BCUT2D eigenvalue weighted by Gasteiger charge is 2.39. The van der Waals surface area contributed by atoms with Crippen LogP contribution in [-0.2, 0) is 27.2 Å². The van der Waals surface area contributed by atoms with Gasteiger partial charge in [-0.1, -0.05) is 41.9 Å². The van der Waals surface area contributed by atoms with Gasteiger partial charge in [-0.2, -0.15) is 0 Å². The van der Waals surface area contributed by atoms with E-state index in [1.54, 1.807) is 18.2 Å². The van der Waals surface area contributed by atoms with Crippen molar-refractivity contribution < 1.29 is 19.5 Å². The van der Waals surface area contributed by atoms with Crippen LogP contribution in [0.2, 0.25) is 5.02 Å². The third kappa shape index (κ3) is 4.21. The van der Waals surface area contributed by atoms with Crippen LogP contribution in [-0.4, -0.2) is 52.6 Å². The average Bonchev–Trinajstić information content (AvgIpc) is 3.10. The van der Waals surface area contributed by atoms with Gasteiger partial charge in [0, 0.05) is 31.0 Å². The van der Waals surface area contributed by atoms with Gasteiger partial charge in [0.2, 0.25) is 5.91 Å². The molecule has 0 saturated carbocycles. The van der Waals surface area contributed by atoms with Crippen LogP contribution in [0, 0.1) is 5.92 Å². The molecule has 0 aromatic heterocycles. The van der Waals surface area contributed by atoms with Crippen LogP contribution in [0.25, 0.3) is 0 Å². The Morgan fingerprint density at radius 3 is 2.60 bits per heavy atom. The SMILES string of the molecule is O=C(N[C@@H](Cc1ccccc1)C(=O)N1CC(C(=O)O)C1)C1=Nc2ccc(Cl)cc2C1. The number of aliphatic carboxylic acids is 1. The van der Waals surface area contributed by atoms with Crippen LogP contribution >= 0.6 is 11.6 Å². The predicted octanol–water partition coefficient (Wildman–Crippen LogP) is 2.24. The van der Waals surface area contributed by atoms with Gasteiger partial charge in [-0.3, -0.25) is 14.4 Å². The van der Waals surface area contributed by atoms with Gasteiger partial charge in [0.25, 0.3) is 5.91 Å². The van der Waals surface area contributed by atoms with E-state index >= 15 is 0 Å². The fraction of sp³-hybridized carbons (Fsp3) is 0.273. The number of fused-ring (bicyclic) bond motifs is 1. The molecule has 7 nitrogen and oxygen atoms in total. The molecule has 0 spiro atoms. The maximum absolute atomic E-state index is 13.0. The Labute approximate surface area is 178 Å². The quantitative estimate of drug-likeness (QED) is 0.741. The number of carbonyl (C=O) groups excluding carboxylic acids is 2. The van der Waals surface area contributed by atoms with Crippen molar-refractivity contribution in [3.8, 4) is 0 Å². The van der Waals surface area contributed by atoms with Crippen molar-refractivity contribution >= 4 is 40.8 Å². The zero-order valence-electron chi connectivity index (χ0n) is 16.0. The van der Waals surface area contributed by atoms with E-state index in [2.05, 4.69) is 10.3 Å². The second kappa shape index (κ2) is 8.28. The van der Waals surface area contributed by atoms with Crippen LogP contribution in [0.4, 0.5) is 5.69 Å². The lowest BCUT2D eigenvalue weighted by atomic mass is 9.97. The van der Waals surface area contributed by atoms with Gasteiger partial charge in [-0.05, 0) is 29.3 Å². The number of halogens is 1. The van der Waals surface area contributed by atoms with Crippen molar-refractivity contribution in [2.75, 3.05) is 13.1 Å². The third-order valence-corrected chi connectivity index (χ3v) is 5.58. The molecule has 0 bridgehead atoms. The number of nitrogens with one attached hydrogen (secondary N) is 1. The summed E-state index contributed by atoms with van der Waals surface area (Å²) < 4.78 is 0. The van der Waals surface area contributed by atoms with E-state index in [0.717, 1.165) is 11.1 Å². The van der Waals surface area contributed by atoms with E-state index in [1.165, 1.54) is 4.90 Å². The molecular weight excluding hydrogens is 406 g/mol. The molecule has 30 heavy (non-hydrogen) atoms. The number of carbonyl (C=O) groups is 3.